The van der Waals surface area contributed by atoms with Crippen LogP contribution in [0.25, 0.3) is 0 Å². The molecule has 2 N–H and O–H groups in total. The van der Waals surface area contributed by atoms with Gasteiger partial charge in [0, 0.05) is 18.2 Å². The van der Waals surface area contributed by atoms with Gasteiger partial charge in [-0.25, -0.2) is 4.79 Å². The molecular weight excluding hydrogens is 456 g/mol. The Morgan fingerprint density at radius 1 is 0.917 bits per heavy atom. The molecule has 1 aliphatic heterocycles. The Kier molecular flexibility index (Phi) is 6.69. The largest absolute Gasteiger partial charge is 0.390 e. The van der Waals surface area contributed by atoms with Crippen LogP contribution in [-0.2, 0) is 15.1 Å². The van der Waals surface area contributed by atoms with Crippen molar-refractivity contribution in [2.75, 3.05) is 6.61 Å². The van der Waals surface area contributed by atoms with Crippen LogP contribution in [0.5, 0.6) is 0 Å². The standard InChI is InChI=1S/C29H28N2O5/c1-20-18-31(28(34)30-27(20)33)26-17-24(32)25(36-26)19-35-29(21-11-5-2-6-12-21,22-13-7-3-8-14-22)23-15-9-4-10-16-23/h2-16,18,24-26,32H,17,19H2,1H3,(H,30,33,34)/t24-,25+,26-/m1/s1. The molecule has 1 fully saturated rings. The van der Waals surface area contributed by atoms with Crippen molar-refractivity contribution in [3.8, 4) is 0 Å². The van der Waals surface area contributed by atoms with E-state index in [-0.39, 0.29) is 13.0 Å². The Bertz CT molecular complexity index is 1320. The van der Waals surface area contributed by atoms with E-state index in [1.165, 1.54) is 10.8 Å². The molecule has 0 aliphatic carbocycles. The molecule has 184 valence electrons. The summed E-state index contributed by atoms with van der Waals surface area (Å²) in [5.41, 5.74) is 1.26. The summed E-state index contributed by atoms with van der Waals surface area (Å²) in [4.78, 5) is 26.4. The first-order valence-electron chi connectivity index (χ1n) is 11.9. The van der Waals surface area contributed by atoms with Gasteiger partial charge in [0.05, 0.1) is 12.7 Å². The lowest BCUT2D eigenvalue weighted by molar-refractivity contribution is -0.0944. The van der Waals surface area contributed by atoms with E-state index in [4.69, 9.17) is 9.47 Å². The Hall–Kier alpha value is -3.78. The van der Waals surface area contributed by atoms with Crippen LogP contribution in [0, 0.1) is 6.92 Å². The van der Waals surface area contributed by atoms with Crippen LogP contribution >= 0.6 is 0 Å². The number of aromatic nitrogens is 2. The Morgan fingerprint density at radius 3 is 1.92 bits per heavy atom. The zero-order chi connectivity index (χ0) is 25.1. The number of aryl methyl sites for hydroxylation is 1. The van der Waals surface area contributed by atoms with Gasteiger partial charge < -0.3 is 14.6 Å². The number of nitrogens with one attached hydrogen (secondary N) is 1. The fourth-order valence-electron chi connectivity index (χ4n) is 4.81. The van der Waals surface area contributed by atoms with Crippen molar-refractivity contribution >= 4 is 0 Å². The minimum absolute atomic E-state index is 0.0768. The molecule has 7 heteroatoms. The summed E-state index contributed by atoms with van der Waals surface area (Å²) in [7, 11) is 0. The highest BCUT2D eigenvalue weighted by Gasteiger charge is 2.41. The van der Waals surface area contributed by atoms with Crippen LogP contribution in [-0.4, -0.2) is 33.5 Å². The number of nitrogens with zero attached hydrogens (tertiary/aromatic N) is 1. The number of aliphatic hydroxyl groups is 1. The van der Waals surface area contributed by atoms with Crippen LogP contribution in [0.15, 0.2) is 107 Å². The van der Waals surface area contributed by atoms with Gasteiger partial charge in [0.1, 0.15) is 17.9 Å². The molecule has 7 nitrogen and oxygen atoms in total. The number of benzene rings is 3. The summed E-state index contributed by atoms with van der Waals surface area (Å²) in [5, 5.41) is 10.9. The maximum atomic E-state index is 12.4. The lowest BCUT2D eigenvalue weighted by Crippen LogP contribution is -2.38. The van der Waals surface area contributed by atoms with Crippen LogP contribution in [0.1, 0.15) is 34.9 Å². The molecule has 0 bridgehead atoms. The number of hydrogen-bond acceptors (Lipinski definition) is 5. The van der Waals surface area contributed by atoms with Gasteiger partial charge in [-0.05, 0) is 23.6 Å². The van der Waals surface area contributed by atoms with Gasteiger partial charge in [-0.3, -0.25) is 14.3 Å². The smallest absolute Gasteiger partial charge is 0.330 e. The molecule has 3 atom stereocenters. The fraction of sp³-hybridized carbons (Fsp3) is 0.241. The van der Waals surface area contributed by atoms with E-state index < -0.39 is 35.3 Å². The van der Waals surface area contributed by atoms with Crippen molar-refractivity contribution in [2.45, 2.75) is 37.4 Å². The van der Waals surface area contributed by atoms with Crippen molar-refractivity contribution in [1.82, 2.24) is 9.55 Å². The van der Waals surface area contributed by atoms with Crippen LogP contribution in [0.3, 0.4) is 0 Å². The third-order valence-electron chi connectivity index (χ3n) is 6.67. The molecule has 4 aromatic rings. The summed E-state index contributed by atoms with van der Waals surface area (Å²) in [6.45, 7) is 1.70. The number of aliphatic hydroxyl groups excluding tert-OH is 1. The lowest BCUT2D eigenvalue weighted by atomic mass is 9.80. The van der Waals surface area contributed by atoms with Crippen molar-refractivity contribution in [2.24, 2.45) is 0 Å². The van der Waals surface area contributed by atoms with E-state index >= 15 is 0 Å². The van der Waals surface area contributed by atoms with Gasteiger partial charge in [0.15, 0.2) is 0 Å². The highest BCUT2D eigenvalue weighted by atomic mass is 16.6. The van der Waals surface area contributed by atoms with Gasteiger partial charge in [-0.1, -0.05) is 91.0 Å². The number of hydrogen-bond donors (Lipinski definition) is 2. The van der Waals surface area contributed by atoms with Crippen LogP contribution in [0.2, 0.25) is 0 Å². The second kappa shape index (κ2) is 10.1. The second-order valence-electron chi connectivity index (χ2n) is 9.00. The third-order valence-corrected chi connectivity index (χ3v) is 6.67. The summed E-state index contributed by atoms with van der Waals surface area (Å²) in [6, 6.07) is 29.9. The Morgan fingerprint density at radius 2 is 1.42 bits per heavy atom. The van der Waals surface area contributed by atoms with Crippen molar-refractivity contribution < 1.29 is 14.6 Å². The Balaban J connectivity index is 1.50. The fourth-order valence-corrected chi connectivity index (χ4v) is 4.81. The molecule has 36 heavy (non-hydrogen) atoms. The predicted molar refractivity (Wildman–Crippen MR) is 136 cm³/mol. The van der Waals surface area contributed by atoms with E-state index in [1.54, 1.807) is 6.92 Å². The van der Waals surface area contributed by atoms with Crippen molar-refractivity contribution in [3.63, 3.8) is 0 Å². The van der Waals surface area contributed by atoms with Crippen LogP contribution < -0.4 is 11.2 Å². The van der Waals surface area contributed by atoms with Gasteiger partial charge >= 0.3 is 5.69 Å². The molecule has 3 aromatic carbocycles. The molecule has 1 aliphatic rings. The summed E-state index contributed by atoms with van der Waals surface area (Å²) < 4.78 is 14.2. The zero-order valence-corrected chi connectivity index (χ0v) is 19.9. The highest BCUT2D eigenvalue weighted by Crippen LogP contribution is 2.41. The maximum Gasteiger partial charge on any atom is 0.330 e. The van der Waals surface area contributed by atoms with Gasteiger partial charge in [-0.2, -0.15) is 0 Å². The molecule has 0 saturated carbocycles. The molecular formula is C29H28N2O5. The molecule has 5 rings (SSSR count). The monoisotopic (exact) mass is 484 g/mol. The average molecular weight is 485 g/mol. The minimum atomic E-state index is -0.948. The summed E-state index contributed by atoms with van der Waals surface area (Å²) in [6.07, 6.45) is -0.576. The van der Waals surface area contributed by atoms with Crippen LogP contribution in [0.4, 0.5) is 0 Å². The minimum Gasteiger partial charge on any atom is -0.390 e. The number of H-pyrrole nitrogens is 1. The number of ether oxygens (including phenoxy) is 2. The molecule has 1 saturated heterocycles. The van der Waals surface area contributed by atoms with E-state index in [0.717, 1.165) is 16.7 Å². The maximum absolute atomic E-state index is 12.4. The molecule has 1 aromatic heterocycles. The quantitative estimate of drug-likeness (QED) is 0.392. The normalized spacial score (nSPS) is 19.9. The Labute approximate surface area is 208 Å². The summed E-state index contributed by atoms with van der Waals surface area (Å²) >= 11 is 0. The highest BCUT2D eigenvalue weighted by molar-refractivity contribution is 5.47. The SMILES string of the molecule is Cc1cn([C@H]2C[C@@H](O)[C@H](COC(c3ccccc3)(c3ccccc3)c3ccccc3)O2)c(=O)[nH]c1=O. The third kappa shape index (κ3) is 4.44. The van der Waals surface area contributed by atoms with E-state index in [1.807, 2.05) is 91.0 Å². The second-order valence-corrected chi connectivity index (χ2v) is 9.00. The lowest BCUT2D eigenvalue weighted by Gasteiger charge is -2.37. The van der Waals surface area contributed by atoms with E-state index in [2.05, 4.69) is 4.98 Å². The first kappa shape index (κ1) is 23.9. The average Bonchev–Trinajstić information content (AvgIpc) is 3.28. The molecule has 0 unspecified atom stereocenters. The number of aromatic amines is 1. The first-order chi connectivity index (χ1) is 17.5. The molecule has 2 heterocycles. The van der Waals surface area contributed by atoms with Gasteiger partial charge in [-0.15, -0.1) is 0 Å². The predicted octanol–water partition coefficient (Wildman–Crippen LogP) is 3.50. The zero-order valence-electron chi connectivity index (χ0n) is 19.9. The van der Waals surface area contributed by atoms with Gasteiger partial charge in [0.2, 0.25) is 0 Å². The molecule has 0 amide bonds. The van der Waals surface area contributed by atoms with Crippen molar-refractivity contribution in [1.29, 1.82) is 0 Å². The summed E-state index contributed by atoms with van der Waals surface area (Å²) in [5.74, 6) is 0. The van der Waals surface area contributed by atoms with Crippen molar-refractivity contribution in [3.05, 3.63) is 140 Å². The molecule has 0 radical (unpaired) electrons. The topological polar surface area (TPSA) is 93.6 Å². The van der Waals surface area contributed by atoms with E-state index in [9.17, 15) is 14.7 Å². The number of rotatable bonds is 7. The molecule has 0 spiro atoms. The first-order valence-corrected chi connectivity index (χ1v) is 11.9. The van der Waals surface area contributed by atoms with E-state index in [0.29, 0.717) is 5.56 Å². The van der Waals surface area contributed by atoms with Gasteiger partial charge in [0.25, 0.3) is 5.56 Å².